The number of nitrogens with one attached hydrogen (secondary N) is 1. The van der Waals surface area contributed by atoms with Crippen molar-refractivity contribution in [3.8, 4) is 11.8 Å². The number of nitriles is 1. The van der Waals surface area contributed by atoms with Crippen LogP contribution in [0.1, 0.15) is 88.4 Å². The number of hydrogen-bond acceptors (Lipinski definition) is 9. The molecule has 1 aromatic heterocycles. The van der Waals surface area contributed by atoms with E-state index in [1.807, 2.05) is 20.8 Å². The molecule has 2 fully saturated rings. The van der Waals surface area contributed by atoms with Gasteiger partial charge in [0.15, 0.2) is 0 Å². The van der Waals surface area contributed by atoms with Crippen molar-refractivity contribution in [2.24, 2.45) is 11.8 Å². The molecule has 3 amide bonds. The summed E-state index contributed by atoms with van der Waals surface area (Å²) in [6.07, 6.45) is 6.58. The molecule has 12 nitrogen and oxygen atoms in total. The third kappa shape index (κ3) is 11.2. The minimum atomic E-state index is -0.760. The van der Waals surface area contributed by atoms with Gasteiger partial charge in [0.25, 0.3) is 0 Å². The van der Waals surface area contributed by atoms with Crippen molar-refractivity contribution in [3.63, 3.8) is 0 Å². The Kier molecular flexibility index (Phi) is 12.9. The van der Waals surface area contributed by atoms with Gasteiger partial charge in [-0.05, 0) is 88.1 Å². The molecule has 2 aliphatic rings. The smallest absolute Gasteiger partial charge is 0.410 e. The number of carbonyl (C=O) groups is 4. The average Bonchev–Trinajstić information content (AvgIpc) is 3.09. The lowest BCUT2D eigenvalue weighted by molar-refractivity contribution is -0.141. The molecule has 0 saturated carbocycles. The summed E-state index contributed by atoms with van der Waals surface area (Å²) in [5.41, 5.74) is 0.480. The highest BCUT2D eigenvalue weighted by molar-refractivity contribution is 5.82. The van der Waals surface area contributed by atoms with Crippen LogP contribution in [0.3, 0.4) is 0 Å². The van der Waals surface area contributed by atoms with Gasteiger partial charge in [-0.3, -0.25) is 19.4 Å². The first-order valence-corrected chi connectivity index (χ1v) is 16.7. The molecule has 2 atom stereocenters. The highest BCUT2D eigenvalue weighted by Crippen LogP contribution is 2.27. The fourth-order valence-electron chi connectivity index (χ4n) is 6.05. The molecule has 0 unspecified atom stereocenters. The molecule has 2 aromatic rings. The highest BCUT2D eigenvalue weighted by Gasteiger charge is 2.32. The van der Waals surface area contributed by atoms with E-state index in [0.29, 0.717) is 61.7 Å². The number of likely N-dealkylation sites (tertiary alicyclic amines) is 2. The van der Waals surface area contributed by atoms with Crippen molar-refractivity contribution < 1.29 is 37.8 Å². The third-order valence-electron chi connectivity index (χ3n) is 8.79. The Morgan fingerprint density at radius 1 is 1.08 bits per heavy atom. The second-order valence-corrected chi connectivity index (χ2v) is 13.6. The second-order valence-electron chi connectivity index (χ2n) is 13.6. The predicted molar refractivity (Wildman–Crippen MR) is 176 cm³/mol. The van der Waals surface area contributed by atoms with E-state index in [0.717, 1.165) is 19.3 Å². The van der Waals surface area contributed by atoms with Gasteiger partial charge in [-0.15, -0.1) is 0 Å². The number of aromatic nitrogens is 1. The van der Waals surface area contributed by atoms with E-state index >= 15 is 0 Å². The number of piperidine rings is 2. The molecular weight excluding hydrogens is 633 g/mol. The zero-order valence-electron chi connectivity index (χ0n) is 28.7. The van der Waals surface area contributed by atoms with E-state index in [1.54, 1.807) is 21.9 Å². The molecule has 264 valence electrons. The van der Waals surface area contributed by atoms with E-state index < -0.39 is 29.3 Å². The number of amides is 3. The Morgan fingerprint density at radius 2 is 1.84 bits per heavy atom. The van der Waals surface area contributed by atoms with Crippen molar-refractivity contribution in [2.75, 3.05) is 33.3 Å². The second kappa shape index (κ2) is 17.1. The van der Waals surface area contributed by atoms with Gasteiger partial charge in [-0.25, -0.2) is 9.18 Å². The number of pyridine rings is 1. The summed E-state index contributed by atoms with van der Waals surface area (Å²) in [7, 11) is 1.27. The molecule has 4 rings (SSSR count). The van der Waals surface area contributed by atoms with Gasteiger partial charge in [-0.1, -0.05) is 6.07 Å². The fraction of sp³-hybridized carbons (Fsp3) is 0.556. The molecule has 13 heteroatoms. The van der Waals surface area contributed by atoms with Crippen LogP contribution in [-0.2, 0) is 30.5 Å². The lowest BCUT2D eigenvalue weighted by Crippen LogP contribution is -2.46. The van der Waals surface area contributed by atoms with Crippen LogP contribution >= 0.6 is 0 Å². The van der Waals surface area contributed by atoms with E-state index in [4.69, 9.17) is 19.5 Å². The summed E-state index contributed by atoms with van der Waals surface area (Å²) in [5.74, 6) is -1.16. The zero-order chi connectivity index (χ0) is 35.6. The van der Waals surface area contributed by atoms with Crippen molar-refractivity contribution in [1.82, 2.24) is 20.1 Å². The molecule has 1 N–H and O–H groups in total. The first kappa shape index (κ1) is 37.1. The number of nitrogens with zero attached hydrogens (tertiary/aromatic N) is 4. The minimum Gasteiger partial charge on any atom is -0.487 e. The van der Waals surface area contributed by atoms with Gasteiger partial charge in [0.05, 0.1) is 37.3 Å². The van der Waals surface area contributed by atoms with Crippen molar-refractivity contribution in [2.45, 2.75) is 84.0 Å². The largest absolute Gasteiger partial charge is 0.487 e. The van der Waals surface area contributed by atoms with Gasteiger partial charge < -0.3 is 29.3 Å². The topological polar surface area (TPSA) is 151 Å². The Labute approximate surface area is 286 Å². The van der Waals surface area contributed by atoms with Crippen LogP contribution in [0.25, 0.3) is 0 Å². The summed E-state index contributed by atoms with van der Waals surface area (Å²) in [5, 5.41) is 12.1. The van der Waals surface area contributed by atoms with Crippen LogP contribution in [0, 0.1) is 29.0 Å². The Hall–Kier alpha value is -4.73. The van der Waals surface area contributed by atoms with Crippen LogP contribution in [0.15, 0.2) is 36.7 Å². The Balaban J connectivity index is 1.31. The molecule has 0 radical (unpaired) electrons. The summed E-state index contributed by atoms with van der Waals surface area (Å²) in [6.45, 7) is 7.67. The Bertz CT molecular complexity index is 1530. The summed E-state index contributed by atoms with van der Waals surface area (Å²) < 4.78 is 29.9. The molecule has 0 aliphatic carbocycles. The number of rotatable bonds is 11. The maximum absolute atomic E-state index is 13.7. The summed E-state index contributed by atoms with van der Waals surface area (Å²) >= 11 is 0. The van der Waals surface area contributed by atoms with Crippen molar-refractivity contribution >= 4 is 23.9 Å². The third-order valence-corrected chi connectivity index (χ3v) is 8.79. The van der Waals surface area contributed by atoms with E-state index in [-0.39, 0.29) is 43.0 Å². The molecular formula is C36H46FN5O7. The SMILES string of the molecule is COC(=O)C[C@H](NC(=O)[C@@H]1CCCN(C(=O)CCC2CCN(C(=O)OC(C)(C)C)CC2)C1)c1cncc(OCc2ccc(F)c(C#N)c2)c1. The number of benzene rings is 1. The predicted octanol–water partition coefficient (Wildman–Crippen LogP) is 5.06. The van der Waals surface area contributed by atoms with Crippen LogP contribution in [0.4, 0.5) is 9.18 Å². The van der Waals surface area contributed by atoms with E-state index in [2.05, 4.69) is 10.3 Å². The number of halogens is 1. The van der Waals surface area contributed by atoms with Crippen LogP contribution < -0.4 is 10.1 Å². The quantitative estimate of drug-likeness (QED) is 0.322. The highest BCUT2D eigenvalue weighted by atomic mass is 19.1. The van der Waals surface area contributed by atoms with Crippen molar-refractivity contribution in [3.05, 3.63) is 59.2 Å². The Morgan fingerprint density at radius 3 is 2.53 bits per heavy atom. The van der Waals surface area contributed by atoms with Crippen LogP contribution in [0.2, 0.25) is 0 Å². The van der Waals surface area contributed by atoms with Crippen LogP contribution in [-0.4, -0.2) is 77.6 Å². The standard InChI is InChI=1S/C36H46FN5O7/c1-36(2,3)49-35(46)41-14-11-24(12-15-41)8-10-32(43)42-13-5-6-26(22-42)34(45)40-31(18-33(44)47-4)28-17-29(21-39-20-28)48-23-25-7-9-30(37)27(16-25)19-38/h7,9,16-17,20-21,24,26,31H,5-6,8,10-15,18,22-23H2,1-4H3,(H,40,45)/t26-,31+/m1/s1. The number of methoxy groups -OCH3 is 1. The number of esters is 1. The average molecular weight is 680 g/mol. The maximum atomic E-state index is 13.7. The summed E-state index contributed by atoms with van der Waals surface area (Å²) in [6, 6.07) is 6.82. The molecule has 0 spiro atoms. The van der Waals surface area contributed by atoms with Gasteiger partial charge in [0, 0.05) is 38.8 Å². The number of carbonyl (C=O) groups excluding carboxylic acids is 4. The lowest BCUT2D eigenvalue weighted by atomic mass is 9.91. The van der Waals surface area contributed by atoms with Crippen molar-refractivity contribution in [1.29, 1.82) is 5.26 Å². The molecule has 0 bridgehead atoms. The first-order valence-electron chi connectivity index (χ1n) is 16.7. The molecule has 49 heavy (non-hydrogen) atoms. The van der Waals surface area contributed by atoms with E-state index in [1.165, 1.54) is 37.7 Å². The normalized spacial score (nSPS) is 17.4. The van der Waals surface area contributed by atoms with Gasteiger partial charge in [0.1, 0.15) is 29.8 Å². The van der Waals surface area contributed by atoms with Gasteiger partial charge in [-0.2, -0.15) is 5.26 Å². The maximum Gasteiger partial charge on any atom is 0.410 e. The minimum absolute atomic E-state index is 0.00952. The van der Waals surface area contributed by atoms with Gasteiger partial charge >= 0.3 is 12.1 Å². The van der Waals surface area contributed by atoms with E-state index in [9.17, 15) is 23.6 Å². The molecule has 2 aliphatic heterocycles. The summed E-state index contributed by atoms with van der Waals surface area (Å²) in [4.78, 5) is 59.1. The number of hydrogen-bond donors (Lipinski definition) is 1. The molecule has 3 heterocycles. The first-order chi connectivity index (χ1) is 23.3. The van der Waals surface area contributed by atoms with Crippen LogP contribution in [0.5, 0.6) is 5.75 Å². The molecule has 2 saturated heterocycles. The monoisotopic (exact) mass is 679 g/mol. The fourth-order valence-corrected chi connectivity index (χ4v) is 6.05. The number of ether oxygens (including phenoxy) is 3. The zero-order valence-corrected chi connectivity index (χ0v) is 28.7. The molecule has 1 aromatic carbocycles. The van der Waals surface area contributed by atoms with Gasteiger partial charge in [0.2, 0.25) is 11.8 Å². The lowest BCUT2D eigenvalue weighted by Gasteiger charge is -2.35.